The molecule has 0 unspecified atom stereocenters. The fourth-order valence-corrected chi connectivity index (χ4v) is 4.65. The Bertz CT molecular complexity index is 1140. The minimum atomic E-state index is -0.789. The van der Waals surface area contributed by atoms with Gasteiger partial charge >= 0.3 is 11.9 Å². The predicted octanol–water partition coefficient (Wildman–Crippen LogP) is 4.01. The summed E-state index contributed by atoms with van der Waals surface area (Å²) < 4.78 is 38.9. The molecule has 0 aromatic heterocycles. The van der Waals surface area contributed by atoms with Crippen molar-refractivity contribution in [3.8, 4) is 5.75 Å². The van der Waals surface area contributed by atoms with Gasteiger partial charge < -0.3 is 33.2 Å². The SMILES string of the molecule is CC(=O)OC[C@H]1O[C@@H](Oc2ccc(CCC(=O)CCCOCCOCCOCCN=[N+]=[N-])cc2C=O)[C@H](C)[C@@H](C)[C@H]1OC(C)=O. The summed E-state index contributed by atoms with van der Waals surface area (Å²) in [6, 6.07) is 5.17. The molecule has 0 bridgehead atoms. The average molecular weight is 636 g/mol. The normalized spacial score (nSPS) is 20.9. The fraction of sp³-hybridized carbons (Fsp3) is 0.677. The van der Waals surface area contributed by atoms with Gasteiger partial charge in [0.25, 0.3) is 0 Å². The highest BCUT2D eigenvalue weighted by molar-refractivity contribution is 5.80. The van der Waals surface area contributed by atoms with Crippen molar-refractivity contribution in [2.45, 2.75) is 71.9 Å². The Morgan fingerprint density at radius 3 is 2.29 bits per heavy atom. The van der Waals surface area contributed by atoms with E-state index in [-0.39, 0.29) is 24.2 Å². The number of aryl methyl sites for hydroxylation is 1. The van der Waals surface area contributed by atoms with Crippen LogP contribution < -0.4 is 4.74 Å². The first-order chi connectivity index (χ1) is 21.7. The second-order valence-electron chi connectivity index (χ2n) is 10.7. The molecule has 1 aliphatic heterocycles. The van der Waals surface area contributed by atoms with Gasteiger partial charge in [-0.1, -0.05) is 25.0 Å². The van der Waals surface area contributed by atoms with Gasteiger partial charge in [-0.2, -0.15) is 0 Å². The number of nitrogens with zero attached hydrogens (tertiary/aromatic N) is 3. The van der Waals surface area contributed by atoms with Gasteiger partial charge in [0.1, 0.15) is 30.3 Å². The Morgan fingerprint density at radius 2 is 1.64 bits per heavy atom. The third-order valence-corrected chi connectivity index (χ3v) is 7.23. The lowest BCUT2D eigenvalue weighted by Gasteiger charge is -2.43. The van der Waals surface area contributed by atoms with E-state index in [1.54, 1.807) is 18.2 Å². The number of carbonyl (C=O) groups excluding carboxylic acids is 4. The molecule has 1 saturated heterocycles. The number of Topliss-reactive ketones (excluding diaryl/α,β-unsaturated/α-hetero) is 1. The van der Waals surface area contributed by atoms with Crippen LogP contribution in [0.5, 0.6) is 5.75 Å². The number of benzene rings is 1. The third-order valence-electron chi connectivity index (χ3n) is 7.23. The lowest BCUT2D eigenvalue weighted by atomic mass is 9.84. The number of carbonyl (C=O) groups is 4. The van der Waals surface area contributed by atoms with Gasteiger partial charge in [0, 0.05) is 56.6 Å². The Morgan fingerprint density at radius 1 is 0.956 bits per heavy atom. The molecule has 1 aliphatic rings. The fourth-order valence-electron chi connectivity index (χ4n) is 4.65. The maximum absolute atomic E-state index is 12.4. The van der Waals surface area contributed by atoms with Crippen molar-refractivity contribution in [1.82, 2.24) is 0 Å². The van der Waals surface area contributed by atoms with Gasteiger partial charge in [-0.25, -0.2) is 0 Å². The number of hydrogen-bond donors (Lipinski definition) is 0. The van der Waals surface area contributed by atoms with Gasteiger partial charge in [-0.15, -0.1) is 0 Å². The van der Waals surface area contributed by atoms with Crippen LogP contribution in [0, 0.1) is 11.8 Å². The third kappa shape index (κ3) is 14.4. The van der Waals surface area contributed by atoms with E-state index in [1.807, 2.05) is 13.8 Å². The molecule has 14 nitrogen and oxygen atoms in total. The summed E-state index contributed by atoms with van der Waals surface area (Å²) in [5, 5.41) is 3.37. The number of azide groups is 1. The van der Waals surface area contributed by atoms with E-state index in [0.717, 1.165) is 5.56 Å². The molecule has 1 aromatic rings. The molecule has 14 heteroatoms. The highest BCUT2D eigenvalue weighted by Gasteiger charge is 2.45. The van der Waals surface area contributed by atoms with Crippen molar-refractivity contribution >= 4 is 24.0 Å². The zero-order valence-corrected chi connectivity index (χ0v) is 26.5. The van der Waals surface area contributed by atoms with Gasteiger partial charge in [-0.3, -0.25) is 19.2 Å². The molecule has 0 aliphatic carbocycles. The van der Waals surface area contributed by atoms with Crippen LogP contribution in [0.4, 0.5) is 0 Å². The highest BCUT2D eigenvalue weighted by atomic mass is 16.7. The summed E-state index contributed by atoms with van der Waals surface area (Å²) in [6.45, 7) is 9.02. The topological polar surface area (TPSA) is 182 Å². The first-order valence-electron chi connectivity index (χ1n) is 15.1. The maximum Gasteiger partial charge on any atom is 0.303 e. The second-order valence-corrected chi connectivity index (χ2v) is 10.7. The van der Waals surface area contributed by atoms with Crippen LogP contribution in [-0.2, 0) is 49.2 Å². The Labute approximate surface area is 263 Å². The summed E-state index contributed by atoms with van der Waals surface area (Å²) in [7, 11) is 0. The van der Waals surface area contributed by atoms with E-state index in [4.69, 9.17) is 38.7 Å². The molecule has 0 N–H and O–H groups in total. The van der Waals surface area contributed by atoms with Crippen molar-refractivity contribution < 1.29 is 52.3 Å². The number of esters is 2. The molecule has 0 saturated carbocycles. The van der Waals surface area contributed by atoms with Gasteiger partial charge in [-0.05, 0) is 36.1 Å². The minimum Gasteiger partial charge on any atom is -0.464 e. The molecule has 250 valence electrons. The maximum atomic E-state index is 12.4. The van der Waals surface area contributed by atoms with Crippen LogP contribution in [0.3, 0.4) is 0 Å². The van der Waals surface area contributed by atoms with E-state index >= 15 is 0 Å². The van der Waals surface area contributed by atoms with Crippen LogP contribution in [0.25, 0.3) is 10.4 Å². The second kappa shape index (κ2) is 21.2. The van der Waals surface area contributed by atoms with Crippen molar-refractivity contribution in [3.63, 3.8) is 0 Å². The van der Waals surface area contributed by atoms with Crippen molar-refractivity contribution in [1.29, 1.82) is 0 Å². The smallest absolute Gasteiger partial charge is 0.303 e. The van der Waals surface area contributed by atoms with Crippen LogP contribution in [0.1, 0.15) is 62.9 Å². The molecule has 0 spiro atoms. The highest BCUT2D eigenvalue weighted by Crippen LogP contribution is 2.35. The van der Waals surface area contributed by atoms with Crippen LogP contribution in [0.2, 0.25) is 0 Å². The van der Waals surface area contributed by atoms with Gasteiger partial charge in [0.2, 0.25) is 6.29 Å². The van der Waals surface area contributed by atoms with E-state index in [2.05, 4.69) is 10.0 Å². The van der Waals surface area contributed by atoms with Gasteiger partial charge in [0.05, 0.1) is 38.6 Å². The summed E-state index contributed by atoms with van der Waals surface area (Å²) in [6.07, 6.45) is 0.312. The molecule has 2 rings (SSSR count). The van der Waals surface area contributed by atoms with E-state index in [1.165, 1.54) is 13.8 Å². The minimum absolute atomic E-state index is 0.0975. The molecule has 0 amide bonds. The van der Waals surface area contributed by atoms with Gasteiger partial charge in [0.15, 0.2) is 6.29 Å². The largest absolute Gasteiger partial charge is 0.464 e. The standard InChI is InChI=1S/C31H45N3O11/c1-21-22(2)31(45-29(20-42-23(3)36)30(21)43-24(4)37)44-28-10-8-25(18-26(28)19-35)7-9-27(38)6-5-12-39-14-16-41-17-15-40-13-11-33-34-32/h8,10,18-19,21-22,29-31H,5-7,9,11-17,20H2,1-4H3/t21-,22-,29-,30-,31-/m1/s1. The van der Waals surface area contributed by atoms with Crippen LogP contribution in [-0.4, -0.2) is 95.3 Å². The first-order valence-corrected chi connectivity index (χ1v) is 15.1. The van der Waals surface area contributed by atoms with E-state index in [0.29, 0.717) is 89.5 Å². The monoisotopic (exact) mass is 635 g/mol. The number of ketones is 1. The zero-order valence-electron chi connectivity index (χ0n) is 26.5. The lowest BCUT2D eigenvalue weighted by molar-refractivity contribution is -0.248. The molecule has 0 radical (unpaired) electrons. The molecule has 1 heterocycles. The average Bonchev–Trinajstić information content (AvgIpc) is 3.01. The Hall–Kier alpha value is -3.55. The molecule has 5 atom stereocenters. The summed E-state index contributed by atoms with van der Waals surface area (Å²) >= 11 is 0. The van der Waals surface area contributed by atoms with Crippen molar-refractivity contribution in [2.24, 2.45) is 17.0 Å². The lowest BCUT2D eigenvalue weighted by Crippen LogP contribution is -2.54. The van der Waals surface area contributed by atoms with Crippen LogP contribution in [0.15, 0.2) is 23.3 Å². The molecule has 45 heavy (non-hydrogen) atoms. The quantitative estimate of drug-likeness (QED) is 0.0448. The molecule has 1 fully saturated rings. The number of rotatable bonds is 22. The summed E-state index contributed by atoms with van der Waals surface area (Å²) in [4.78, 5) is 50.0. The van der Waals surface area contributed by atoms with E-state index in [9.17, 15) is 19.2 Å². The summed E-state index contributed by atoms with van der Waals surface area (Å²) in [5.74, 6) is -0.957. The Kier molecular flexibility index (Phi) is 17.8. The van der Waals surface area contributed by atoms with Crippen molar-refractivity contribution in [2.75, 3.05) is 52.8 Å². The first kappa shape index (κ1) is 37.6. The molecular weight excluding hydrogens is 590 g/mol. The summed E-state index contributed by atoms with van der Waals surface area (Å²) in [5.41, 5.74) is 9.31. The number of ether oxygens (including phenoxy) is 7. The van der Waals surface area contributed by atoms with E-state index < -0.39 is 30.4 Å². The molecule has 1 aromatic carbocycles. The zero-order chi connectivity index (χ0) is 33.0. The Balaban J connectivity index is 1.76. The number of hydrogen-bond acceptors (Lipinski definition) is 12. The van der Waals surface area contributed by atoms with Crippen molar-refractivity contribution in [3.05, 3.63) is 39.8 Å². The van der Waals surface area contributed by atoms with Crippen LogP contribution >= 0.6 is 0 Å². The predicted molar refractivity (Wildman–Crippen MR) is 161 cm³/mol. The molecular formula is C31H45N3O11. The number of aldehydes is 1.